The Kier molecular flexibility index (Phi) is 3.35. The van der Waals surface area contributed by atoms with Crippen LogP contribution in [-0.2, 0) is 9.59 Å². The second kappa shape index (κ2) is 3.83. The SMILES string of the molecule is CC(=CC(=O)O)CC=O. The molecule has 3 heteroatoms. The smallest absolute Gasteiger partial charge is 0.328 e. The van der Waals surface area contributed by atoms with Gasteiger partial charge in [-0.1, -0.05) is 5.57 Å². The Bertz CT molecular complexity index is 146. The van der Waals surface area contributed by atoms with Crippen molar-refractivity contribution in [2.24, 2.45) is 0 Å². The van der Waals surface area contributed by atoms with E-state index in [2.05, 4.69) is 0 Å². The maximum atomic E-state index is 9.89. The lowest BCUT2D eigenvalue weighted by Gasteiger charge is -1.87. The molecule has 0 aromatic carbocycles. The van der Waals surface area contributed by atoms with Gasteiger partial charge in [0, 0.05) is 12.5 Å². The molecule has 50 valence electrons. The van der Waals surface area contributed by atoms with Gasteiger partial charge in [0.2, 0.25) is 0 Å². The first-order chi connectivity index (χ1) is 4.16. The highest BCUT2D eigenvalue weighted by Crippen LogP contribution is 1.94. The fraction of sp³-hybridized carbons (Fsp3) is 0.333. The monoisotopic (exact) mass is 128 g/mol. The van der Waals surface area contributed by atoms with Gasteiger partial charge < -0.3 is 9.90 Å². The summed E-state index contributed by atoms with van der Waals surface area (Å²) in [5.41, 5.74) is 0.567. The highest BCUT2D eigenvalue weighted by molar-refractivity contribution is 5.81. The lowest BCUT2D eigenvalue weighted by Crippen LogP contribution is -1.89. The molecular weight excluding hydrogens is 120 g/mol. The number of carbonyl (C=O) groups is 2. The van der Waals surface area contributed by atoms with Gasteiger partial charge in [-0.05, 0) is 6.92 Å². The van der Waals surface area contributed by atoms with Crippen LogP contribution in [-0.4, -0.2) is 17.4 Å². The minimum absolute atomic E-state index is 0.201. The molecule has 1 N–H and O–H groups in total. The van der Waals surface area contributed by atoms with Gasteiger partial charge in [0.05, 0.1) is 0 Å². The molecule has 0 radical (unpaired) electrons. The van der Waals surface area contributed by atoms with Gasteiger partial charge in [-0.25, -0.2) is 4.79 Å². The van der Waals surface area contributed by atoms with Gasteiger partial charge in [-0.3, -0.25) is 0 Å². The van der Waals surface area contributed by atoms with Crippen molar-refractivity contribution in [1.82, 2.24) is 0 Å². The lowest BCUT2D eigenvalue weighted by molar-refractivity contribution is -0.131. The molecule has 0 aliphatic heterocycles. The van der Waals surface area contributed by atoms with Crippen molar-refractivity contribution in [3.63, 3.8) is 0 Å². The molecule has 0 saturated heterocycles. The van der Waals surface area contributed by atoms with Gasteiger partial charge in [-0.2, -0.15) is 0 Å². The fourth-order valence-corrected chi connectivity index (χ4v) is 0.401. The zero-order valence-electron chi connectivity index (χ0n) is 5.13. The second-order valence-electron chi connectivity index (χ2n) is 1.70. The van der Waals surface area contributed by atoms with E-state index in [9.17, 15) is 9.59 Å². The number of aliphatic carboxylic acids is 1. The van der Waals surface area contributed by atoms with E-state index in [4.69, 9.17) is 5.11 Å². The minimum atomic E-state index is -1.01. The van der Waals surface area contributed by atoms with Gasteiger partial charge in [0.25, 0.3) is 0 Å². The van der Waals surface area contributed by atoms with Gasteiger partial charge in [-0.15, -0.1) is 0 Å². The van der Waals surface area contributed by atoms with Crippen LogP contribution in [0.1, 0.15) is 13.3 Å². The molecule has 0 saturated carbocycles. The first kappa shape index (κ1) is 7.88. The van der Waals surface area contributed by atoms with Crippen LogP contribution in [0.5, 0.6) is 0 Å². The molecular formula is C6H8O3. The third-order valence-corrected chi connectivity index (χ3v) is 0.775. The lowest BCUT2D eigenvalue weighted by atomic mass is 10.2. The summed E-state index contributed by atoms with van der Waals surface area (Å²) in [5, 5.41) is 8.12. The van der Waals surface area contributed by atoms with Crippen molar-refractivity contribution in [1.29, 1.82) is 0 Å². The number of hydrogen-bond acceptors (Lipinski definition) is 2. The zero-order valence-corrected chi connectivity index (χ0v) is 5.13. The third-order valence-electron chi connectivity index (χ3n) is 0.775. The summed E-state index contributed by atoms with van der Waals surface area (Å²) in [4.78, 5) is 19.7. The predicted molar refractivity (Wildman–Crippen MR) is 32.1 cm³/mol. The quantitative estimate of drug-likeness (QED) is 0.447. The maximum Gasteiger partial charge on any atom is 0.328 e. The van der Waals surface area contributed by atoms with Crippen LogP contribution in [0.3, 0.4) is 0 Å². The summed E-state index contributed by atoms with van der Waals surface area (Å²) in [6.07, 6.45) is 1.90. The van der Waals surface area contributed by atoms with Crippen molar-refractivity contribution in [3.8, 4) is 0 Å². The number of allylic oxidation sites excluding steroid dienone is 1. The van der Waals surface area contributed by atoms with Crippen molar-refractivity contribution in [2.75, 3.05) is 0 Å². The van der Waals surface area contributed by atoms with Crippen molar-refractivity contribution in [2.45, 2.75) is 13.3 Å². The van der Waals surface area contributed by atoms with Gasteiger partial charge in [0.1, 0.15) is 6.29 Å². The molecule has 0 atom stereocenters. The molecule has 0 amide bonds. The summed E-state index contributed by atoms with van der Waals surface area (Å²) in [5.74, 6) is -1.01. The Balaban J connectivity index is 3.83. The van der Waals surface area contributed by atoms with E-state index in [1.165, 1.54) is 0 Å². The van der Waals surface area contributed by atoms with E-state index in [1.807, 2.05) is 0 Å². The Labute approximate surface area is 53.0 Å². The third kappa shape index (κ3) is 4.74. The summed E-state index contributed by atoms with van der Waals surface area (Å²) in [6.45, 7) is 1.60. The molecule has 3 nitrogen and oxygen atoms in total. The molecule has 0 bridgehead atoms. The summed E-state index contributed by atoms with van der Waals surface area (Å²) in [6, 6.07) is 0. The number of rotatable bonds is 3. The topological polar surface area (TPSA) is 54.4 Å². The summed E-state index contributed by atoms with van der Waals surface area (Å²) >= 11 is 0. The average Bonchev–Trinajstić information content (AvgIpc) is 1.63. The largest absolute Gasteiger partial charge is 0.478 e. The Morgan fingerprint density at radius 2 is 2.22 bits per heavy atom. The van der Waals surface area contributed by atoms with Gasteiger partial charge in [0.15, 0.2) is 0 Å². The maximum absolute atomic E-state index is 9.89. The molecule has 0 unspecified atom stereocenters. The molecule has 0 rings (SSSR count). The van der Waals surface area contributed by atoms with Crippen LogP contribution in [0, 0.1) is 0 Å². The molecule has 0 aliphatic rings. The number of aldehydes is 1. The highest BCUT2D eigenvalue weighted by Gasteiger charge is 1.90. The van der Waals surface area contributed by atoms with E-state index in [0.29, 0.717) is 11.9 Å². The molecule has 0 heterocycles. The normalized spacial score (nSPS) is 11.0. The second-order valence-corrected chi connectivity index (χ2v) is 1.70. The first-order valence-corrected chi connectivity index (χ1v) is 2.50. The number of carbonyl (C=O) groups excluding carboxylic acids is 1. The van der Waals surface area contributed by atoms with Crippen LogP contribution in [0.4, 0.5) is 0 Å². The highest BCUT2D eigenvalue weighted by atomic mass is 16.4. The number of carboxylic acids is 1. The first-order valence-electron chi connectivity index (χ1n) is 2.50. The molecule has 0 aliphatic carbocycles. The van der Waals surface area contributed by atoms with Crippen LogP contribution in [0.15, 0.2) is 11.6 Å². The number of carboxylic acid groups (broad SMARTS) is 1. The molecule has 0 aromatic rings. The van der Waals surface area contributed by atoms with Crippen LogP contribution in [0.25, 0.3) is 0 Å². The van der Waals surface area contributed by atoms with Crippen molar-refractivity contribution >= 4 is 12.3 Å². The average molecular weight is 128 g/mol. The van der Waals surface area contributed by atoms with Crippen LogP contribution >= 0.6 is 0 Å². The Morgan fingerprint density at radius 1 is 1.67 bits per heavy atom. The molecule has 0 aromatic heterocycles. The van der Waals surface area contributed by atoms with E-state index in [-0.39, 0.29) is 6.42 Å². The Morgan fingerprint density at radius 3 is 2.56 bits per heavy atom. The molecule has 9 heavy (non-hydrogen) atoms. The van der Waals surface area contributed by atoms with E-state index < -0.39 is 5.97 Å². The molecule has 0 spiro atoms. The van der Waals surface area contributed by atoms with E-state index >= 15 is 0 Å². The standard InChI is InChI=1S/C6H8O3/c1-5(2-3-7)4-6(8)9/h3-4H,2H2,1H3,(H,8,9). The van der Waals surface area contributed by atoms with Crippen molar-refractivity contribution < 1.29 is 14.7 Å². The van der Waals surface area contributed by atoms with Gasteiger partial charge >= 0.3 is 5.97 Å². The van der Waals surface area contributed by atoms with Crippen molar-refractivity contribution in [3.05, 3.63) is 11.6 Å². The predicted octanol–water partition coefficient (Wildman–Crippen LogP) is 0.606. The minimum Gasteiger partial charge on any atom is -0.478 e. The fourth-order valence-electron chi connectivity index (χ4n) is 0.401. The van der Waals surface area contributed by atoms with E-state index in [0.717, 1.165) is 6.08 Å². The molecule has 0 fully saturated rings. The van der Waals surface area contributed by atoms with E-state index in [1.54, 1.807) is 6.92 Å². The van der Waals surface area contributed by atoms with Crippen LogP contribution < -0.4 is 0 Å². The Hall–Kier alpha value is -1.12. The zero-order chi connectivity index (χ0) is 7.28. The van der Waals surface area contributed by atoms with Crippen LogP contribution in [0.2, 0.25) is 0 Å². The summed E-state index contributed by atoms with van der Waals surface area (Å²) < 4.78 is 0. The summed E-state index contributed by atoms with van der Waals surface area (Å²) in [7, 11) is 0. The number of hydrogen-bond donors (Lipinski definition) is 1.